The predicted molar refractivity (Wildman–Crippen MR) is 93.5 cm³/mol. The Balaban J connectivity index is 1.95. The molecule has 1 saturated heterocycles. The molecule has 0 saturated carbocycles. The topological polar surface area (TPSA) is 52.6 Å². The molecule has 4 unspecified atom stereocenters. The smallest absolute Gasteiger partial charge is 0.237 e. The first kappa shape index (κ1) is 18.2. The molecule has 1 amide bonds. The van der Waals surface area contributed by atoms with Crippen molar-refractivity contribution in [3.63, 3.8) is 0 Å². The monoisotopic (exact) mass is 338 g/mol. The maximum atomic E-state index is 12.6. The van der Waals surface area contributed by atoms with E-state index in [1.54, 1.807) is 0 Å². The number of likely N-dealkylation sites (tertiary alicyclic amines) is 1. The summed E-state index contributed by atoms with van der Waals surface area (Å²) in [5.41, 5.74) is 1.04. The van der Waals surface area contributed by atoms with E-state index in [1.807, 2.05) is 45.0 Å². The Morgan fingerprint density at radius 3 is 2.61 bits per heavy atom. The van der Waals surface area contributed by atoms with Gasteiger partial charge in [0, 0.05) is 11.1 Å². The molecule has 2 N–H and O–H groups in total. The molecular weight excluding hydrogens is 312 g/mol. The minimum absolute atomic E-state index is 0.0324. The summed E-state index contributed by atoms with van der Waals surface area (Å²) in [6, 6.07) is 7.59. The number of aliphatic hydroxyl groups excluding tert-OH is 1. The van der Waals surface area contributed by atoms with Crippen molar-refractivity contribution < 1.29 is 9.90 Å². The number of benzene rings is 1. The van der Waals surface area contributed by atoms with E-state index in [2.05, 4.69) is 10.2 Å². The molecule has 4 nitrogen and oxygen atoms in total. The number of hydrogen-bond acceptors (Lipinski definition) is 3. The summed E-state index contributed by atoms with van der Waals surface area (Å²) >= 11 is 5.90. The molecule has 1 fully saturated rings. The van der Waals surface area contributed by atoms with Gasteiger partial charge >= 0.3 is 0 Å². The fraction of sp³-hybridized carbons (Fsp3) is 0.611. The van der Waals surface area contributed by atoms with Gasteiger partial charge in [-0.25, -0.2) is 0 Å². The molecule has 0 spiro atoms. The second-order valence-electron chi connectivity index (χ2n) is 6.58. The standard InChI is InChI=1S/C18H27ClN2O2/c1-12(22)11-17-5-4-10-21(17)14(3)18(23)20-13(2)15-6-8-16(19)9-7-15/h6-9,12-14,17,22H,4-5,10-11H2,1-3H3,(H,20,23). The minimum Gasteiger partial charge on any atom is -0.393 e. The van der Waals surface area contributed by atoms with Crippen LogP contribution in [0.3, 0.4) is 0 Å². The second kappa shape index (κ2) is 8.13. The number of hydrogen-bond donors (Lipinski definition) is 2. The van der Waals surface area contributed by atoms with Gasteiger partial charge in [0.25, 0.3) is 0 Å². The van der Waals surface area contributed by atoms with Crippen molar-refractivity contribution >= 4 is 17.5 Å². The Bertz CT molecular complexity index is 518. The zero-order valence-corrected chi connectivity index (χ0v) is 14.9. The Labute approximate surface area is 143 Å². The van der Waals surface area contributed by atoms with Gasteiger partial charge in [0.05, 0.1) is 18.2 Å². The van der Waals surface area contributed by atoms with Gasteiger partial charge in [-0.05, 0) is 64.3 Å². The van der Waals surface area contributed by atoms with Crippen molar-refractivity contribution in [1.29, 1.82) is 0 Å². The summed E-state index contributed by atoms with van der Waals surface area (Å²) in [7, 11) is 0. The Morgan fingerprint density at radius 1 is 1.35 bits per heavy atom. The molecule has 0 radical (unpaired) electrons. The van der Waals surface area contributed by atoms with Crippen molar-refractivity contribution in [3.05, 3.63) is 34.9 Å². The van der Waals surface area contributed by atoms with E-state index in [0.717, 1.165) is 31.4 Å². The van der Waals surface area contributed by atoms with Gasteiger partial charge in [-0.1, -0.05) is 23.7 Å². The number of amides is 1. The SMILES string of the molecule is CC(O)CC1CCCN1C(C)C(=O)NC(C)c1ccc(Cl)cc1. The molecule has 1 aliphatic rings. The van der Waals surface area contributed by atoms with Gasteiger partial charge in [-0.15, -0.1) is 0 Å². The molecule has 2 rings (SSSR count). The molecule has 4 atom stereocenters. The Hall–Kier alpha value is -1.10. The highest BCUT2D eigenvalue weighted by Crippen LogP contribution is 2.24. The first-order valence-electron chi connectivity index (χ1n) is 8.38. The number of nitrogens with one attached hydrogen (secondary N) is 1. The number of carbonyl (C=O) groups excluding carboxylic acids is 1. The van der Waals surface area contributed by atoms with Crippen molar-refractivity contribution in [2.75, 3.05) is 6.54 Å². The summed E-state index contributed by atoms with van der Waals surface area (Å²) in [4.78, 5) is 14.8. The number of rotatable bonds is 6. The van der Waals surface area contributed by atoms with Crippen LogP contribution in [0.2, 0.25) is 5.02 Å². The van der Waals surface area contributed by atoms with Gasteiger partial charge in [-0.3, -0.25) is 9.69 Å². The van der Waals surface area contributed by atoms with Crippen LogP contribution < -0.4 is 5.32 Å². The van der Waals surface area contributed by atoms with E-state index in [9.17, 15) is 9.90 Å². The molecule has 0 aliphatic carbocycles. The predicted octanol–water partition coefficient (Wildman–Crippen LogP) is 3.14. The fourth-order valence-electron chi connectivity index (χ4n) is 3.33. The Morgan fingerprint density at radius 2 is 2.00 bits per heavy atom. The molecule has 23 heavy (non-hydrogen) atoms. The number of nitrogens with zero attached hydrogens (tertiary/aromatic N) is 1. The average molecular weight is 339 g/mol. The van der Waals surface area contributed by atoms with E-state index in [4.69, 9.17) is 11.6 Å². The number of carbonyl (C=O) groups is 1. The zero-order chi connectivity index (χ0) is 17.0. The molecule has 1 aromatic rings. The molecule has 1 aliphatic heterocycles. The third-order valence-corrected chi connectivity index (χ3v) is 4.89. The second-order valence-corrected chi connectivity index (χ2v) is 7.01. The van der Waals surface area contributed by atoms with Crippen LogP contribution in [-0.2, 0) is 4.79 Å². The van der Waals surface area contributed by atoms with E-state index in [-0.39, 0.29) is 24.1 Å². The molecular formula is C18H27ClN2O2. The first-order valence-corrected chi connectivity index (χ1v) is 8.76. The number of halogens is 1. The highest BCUT2D eigenvalue weighted by Gasteiger charge is 2.32. The van der Waals surface area contributed by atoms with Crippen LogP contribution >= 0.6 is 11.6 Å². The maximum Gasteiger partial charge on any atom is 0.237 e. The maximum absolute atomic E-state index is 12.6. The highest BCUT2D eigenvalue weighted by molar-refractivity contribution is 6.30. The number of aliphatic hydroxyl groups is 1. The normalized spacial score (nSPS) is 22.6. The molecule has 128 valence electrons. The minimum atomic E-state index is -0.330. The first-order chi connectivity index (χ1) is 10.9. The summed E-state index contributed by atoms with van der Waals surface area (Å²) in [6.45, 7) is 6.65. The van der Waals surface area contributed by atoms with Crippen LogP contribution in [0.4, 0.5) is 0 Å². The van der Waals surface area contributed by atoms with E-state index >= 15 is 0 Å². The van der Waals surface area contributed by atoms with Gasteiger partial charge < -0.3 is 10.4 Å². The lowest BCUT2D eigenvalue weighted by Crippen LogP contribution is -2.48. The lowest BCUT2D eigenvalue weighted by molar-refractivity contribution is -0.127. The quantitative estimate of drug-likeness (QED) is 0.837. The Kier molecular flexibility index (Phi) is 6.45. The molecule has 1 aromatic carbocycles. The van der Waals surface area contributed by atoms with E-state index in [0.29, 0.717) is 11.1 Å². The molecule has 1 heterocycles. The van der Waals surface area contributed by atoms with Crippen molar-refractivity contribution in [3.8, 4) is 0 Å². The summed E-state index contributed by atoms with van der Waals surface area (Å²) in [5.74, 6) is 0.0324. The summed E-state index contributed by atoms with van der Waals surface area (Å²) in [6.07, 6.45) is 2.53. The van der Waals surface area contributed by atoms with Crippen molar-refractivity contribution in [2.24, 2.45) is 0 Å². The fourth-order valence-corrected chi connectivity index (χ4v) is 3.46. The van der Waals surface area contributed by atoms with E-state index < -0.39 is 0 Å². The molecule has 5 heteroatoms. The van der Waals surface area contributed by atoms with Crippen LogP contribution in [0.5, 0.6) is 0 Å². The van der Waals surface area contributed by atoms with Crippen molar-refractivity contribution in [2.45, 2.75) is 64.3 Å². The van der Waals surface area contributed by atoms with E-state index in [1.165, 1.54) is 0 Å². The third kappa shape index (κ3) is 4.93. The van der Waals surface area contributed by atoms with Gasteiger partial charge in [0.15, 0.2) is 0 Å². The largest absolute Gasteiger partial charge is 0.393 e. The van der Waals surface area contributed by atoms with Crippen molar-refractivity contribution in [1.82, 2.24) is 10.2 Å². The third-order valence-electron chi connectivity index (χ3n) is 4.64. The summed E-state index contributed by atoms with van der Waals surface area (Å²) < 4.78 is 0. The summed E-state index contributed by atoms with van der Waals surface area (Å²) in [5, 5.41) is 13.4. The lowest BCUT2D eigenvalue weighted by atomic mass is 10.1. The van der Waals surface area contributed by atoms with Crippen LogP contribution in [-0.4, -0.2) is 40.6 Å². The zero-order valence-electron chi connectivity index (χ0n) is 14.1. The molecule has 0 bridgehead atoms. The van der Waals surface area contributed by atoms with Gasteiger partial charge in [0.2, 0.25) is 5.91 Å². The lowest BCUT2D eigenvalue weighted by Gasteiger charge is -2.31. The van der Waals surface area contributed by atoms with Crippen LogP contribution in [0.15, 0.2) is 24.3 Å². The van der Waals surface area contributed by atoms with Crippen LogP contribution in [0.25, 0.3) is 0 Å². The highest BCUT2D eigenvalue weighted by atomic mass is 35.5. The molecule has 0 aromatic heterocycles. The average Bonchev–Trinajstić information content (AvgIpc) is 2.94. The van der Waals surface area contributed by atoms with Crippen LogP contribution in [0, 0.1) is 0 Å². The van der Waals surface area contributed by atoms with Gasteiger partial charge in [-0.2, -0.15) is 0 Å². The van der Waals surface area contributed by atoms with Crippen LogP contribution in [0.1, 0.15) is 51.6 Å². The van der Waals surface area contributed by atoms with Gasteiger partial charge in [0.1, 0.15) is 0 Å².